The summed E-state index contributed by atoms with van der Waals surface area (Å²) in [4.78, 5) is 12.6. The van der Waals surface area contributed by atoms with Gasteiger partial charge in [-0.1, -0.05) is 56.9 Å². The Morgan fingerprint density at radius 1 is 1.19 bits per heavy atom. The lowest BCUT2D eigenvalue weighted by Gasteiger charge is -2.26. The van der Waals surface area contributed by atoms with E-state index in [1.54, 1.807) is 0 Å². The maximum absolute atomic E-state index is 12.6. The molecule has 0 fully saturated rings. The number of allylic oxidation sites excluding steroid dienone is 4. The van der Waals surface area contributed by atoms with Gasteiger partial charge in [-0.15, -0.1) is 0 Å². The molecule has 3 nitrogen and oxygen atoms in total. The van der Waals surface area contributed by atoms with Crippen LogP contribution < -0.4 is 11.1 Å². The number of unbranched alkanes of at least 4 members (excludes halogenated alkanes) is 1. The fourth-order valence-electron chi connectivity index (χ4n) is 3.65. The highest BCUT2D eigenvalue weighted by Gasteiger charge is 2.21. The maximum atomic E-state index is 12.6. The van der Waals surface area contributed by atoms with Gasteiger partial charge in [0.2, 0.25) is 0 Å². The number of amides is 1. The second-order valence-corrected chi connectivity index (χ2v) is 9.39. The molecule has 0 aliphatic rings. The average molecular weight is 423 g/mol. The molecule has 170 valence electrons. The van der Waals surface area contributed by atoms with E-state index in [0.29, 0.717) is 11.5 Å². The van der Waals surface area contributed by atoms with Crippen LogP contribution in [0, 0.1) is 0 Å². The van der Waals surface area contributed by atoms with E-state index in [2.05, 4.69) is 64.4 Å². The van der Waals surface area contributed by atoms with Crippen molar-refractivity contribution in [3.63, 3.8) is 0 Å². The van der Waals surface area contributed by atoms with Gasteiger partial charge in [-0.3, -0.25) is 4.79 Å². The molecule has 0 saturated carbocycles. The summed E-state index contributed by atoms with van der Waals surface area (Å²) in [6.45, 7) is 22.3. The minimum atomic E-state index is -0.367. The van der Waals surface area contributed by atoms with Gasteiger partial charge in [0.15, 0.2) is 0 Å². The van der Waals surface area contributed by atoms with Gasteiger partial charge in [0, 0.05) is 16.8 Å². The number of nitrogens with one attached hydrogen (secondary N) is 1. The molecule has 0 unspecified atom stereocenters. The van der Waals surface area contributed by atoms with Gasteiger partial charge < -0.3 is 11.1 Å². The first-order chi connectivity index (χ1) is 14.4. The van der Waals surface area contributed by atoms with Crippen molar-refractivity contribution in [1.82, 2.24) is 5.32 Å². The number of rotatable bonds is 11. The highest BCUT2D eigenvalue weighted by atomic mass is 16.1. The quantitative estimate of drug-likeness (QED) is 0.234. The fraction of sp³-hybridized carbons (Fsp3) is 0.464. The molecule has 31 heavy (non-hydrogen) atoms. The topological polar surface area (TPSA) is 55.1 Å². The highest BCUT2D eigenvalue weighted by molar-refractivity contribution is 5.98. The first kappa shape index (κ1) is 26.6. The van der Waals surface area contributed by atoms with Crippen LogP contribution in [0.4, 0.5) is 0 Å². The van der Waals surface area contributed by atoms with Crippen LogP contribution in [0.1, 0.15) is 90.3 Å². The van der Waals surface area contributed by atoms with E-state index < -0.39 is 0 Å². The molecular weight excluding hydrogens is 380 g/mol. The summed E-state index contributed by atoms with van der Waals surface area (Å²) in [7, 11) is 0. The van der Waals surface area contributed by atoms with E-state index in [9.17, 15) is 4.79 Å². The van der Waals surface area contributed by atoms with E-state index in [0.717, 1.165) is 42.5 Å². The van der Waals surface area contributed by atoms with Gasteiger partial charge in [0.05, 0.1) is 0 Å². The summed E-state index contributed by atoms with van der Waals surface area (Å²) in [5.41, 5.74) is 13.2. The van der Waals surface area contributed by atoms with Crippen molar-refractivity contribution in [2.75, 3.05) is 0 Å². The molecule has 0 aliphatic heterocycles. The zero-order chi connectivity index (χ0) is 23.8. The predicted molar refractivity (Wildman–Crippen MR) is 135 cm³/mol. The van der Waals surface area contributed by atoms with Crippen molar-refractivity contribution in [2.45, 2.75) is 85.6 Å². The molecule has 1 amide bonds. The Bertz CT molecular complexity index is 863. The van der Waals surface area contributed by atoms with E-state index in [4.69, 9.17) is 5.73 Å². The van der Waals surface area contributed by atoms with Crippen LogP contribution in [0.25, 0.3) is 0 Å². The third-order valence-corrected chi connectivity index (χ3v) is 5.51. The first-order valence-corrected chi connectivity index (χ1v) is 11.3. The van der Waals surface area contributed by atoms with Gasteiger partial charge in [-0.2, -0.15) is 0 Å². The Hall–Kier alpha value is -2.39. The Morgan fingerprint density at radius 2 is 1.84 bits per heavy atom. The van der Waals surface area contributed by atoms with Crippen molar-refractivity contribution in [3.8, 4) is 0 Å². The van der Waals surface area contributed by atoms with Crippen LogP contribution in [0.3, 0.4) is 0 Å². The minimum absolute atomic E-state index is 0.143. The predicted octanol–water partition coefficient (Wildman–Crippen LogP) is 6.82. The summed E-state index contributed by atoms with van der Waals surface area (Å²) in [5.74, 6) is 0.315. The van der Waals surface area contributed by atoms with Gasteiger partial charge in [-0.25, -0.2) is 0 Å². The van der Waals surface area contributed by atoms with E-state index >= 15 is 0 Å². The molecule has 0 atom stereocenters. The molecule has 3 N–H and O–H groups in total. The number of nitrogens with two attached hydrogens (primary N) is 1. The van der Waals surface area contributed by atoms with Crippen LogP contribution in [-0.4, -0.2) is 5.91 Å². The summed E-state index contributed by atoms with van der Waals surface area (Å²) in [6.07, 6.45) is 7.53. The Kier molecular flexibility index (Phi) is 10.2. The highest BCUT2D eigenvalue weighted by Crippen LogP contribution is 2.30. The molecule has 0 radical (unpaired) electrons. The summed E-state index contributed by atoms with van der Waals surface area (Å²) >= 11 is 0. The molecule has 1 aromatic carbocycles. The van der Waals surface area contributed by atoms with Crippen LogP contribution in [0.2, 0.25) is 0 Å². The average Bonchev–Trinajstić information content (AvgIpc) is 2.67. The number of benzene rings is 1. The smallest absolute Gasteiger partial charge is 0.255 e. The second kappa shape index (κ2) is 11.9. The summed E-state index contributed by atoms with van der Waals surface area (Å²) in [5, 5.41) is 2.94. The van der Waals surface area contributed by atoms with Crippen LogP contribution in [0.15, 0.2) is 65.9 Å². The molecule has 0 heterocycles. The SMILES string of the molecule is C=C(CCCCc1c(C(C)C)cccc1C(C)(C)N)NC(=O)/C(=C/C(C)=C\C)C(=C)C. The Labute approximate surface area is 190 Å². The van der Waals surface area contributed by atoms with Crippen molar-refractivity contribution in [3.05, 3.63) is 82.6 Å². The normalized spacial score (nSPS) is 12.8. The Balaban J connectivity index is 2.76. The molecule has 0 bridgehead atoms. The van der Waals surface area contributed by atoms with Crippen molar-refractivity contribution in [1.29, 1.82) is 0 Å². The molecule has 0 spiro atoms. The van der Waals surface area contributed by atoms with Crippen molar-refractivity contribution < 1.29 is 4.79 Å². The largest absolute Gasteiger partial charge is 0.326 e. The zero-order valence-corrected chi connectivity index (χ0v) is 20.7. The lowest BCUT2D eigenvalue weighted by Crippen LogP contribution is -2.30. The molecule has 0 saturated heterocycles. The standard InChI is InChI=1S/C28H42N2O/c1-10-21(6)18-25(20(4)5)27(31)30-22(7)14-11-12-15-24-23(19(2)3)16-13-17-26(24)28(8,9)29/h10,13,16-19H,4,7,11-12,14-15,29H2,1-3,5-6,8-9H3,(H,30,31)/b21-10-,25-18+. The van der Waals surface area contributed by atoms with Gasteiger partial charge in [0.1, 0.15) is 0 Å². The van der Waals surface area contributed by atoms with Crippen LogP contribution >= 0.6 is 0 Å². The van der Waals surface area contributed by atoms with Gasteiger partial charge in [0.25, 0.3) is 5.91 Å². The van der Waals surface area contributed by atoms with Crippen molar-refractivity contribution in [2.24, 2.45) is 5.73 Å². The lowest BCUT2D eigenvalue weighted by molar-refractivity contribution is -0.116. The molecule has 3 heteroatoms. The lowest BCUT2D eigenvalue weighted by atomic mass is 9.83. The van der Waals surface area contributed by atoms with Crippen LogP contribution in [0.5, 0.6) is 0 Å². The third kappa shape index (κ3) is 8.34. The second-order valence-electron chi connectivity index (χ2n) is 9.39. The Morgan fingerprint density at radius 3 is 2.35 bits per heavy atom. The van der Waals surface area contributed by atoms with Gasteiger partial charge in [-0.05, 0) is 94.6 Å². The van der Waals surface area contributed by atoms with E-state index in [1.807, 2.05) is 32.9 Å². The van der Waals surface area contributed by atoms with E-state index in [1.165, 1.54) is 16.7 Å². The molecule has 1 aromatic rings. The summed E-state index contributed by atoms with van der Waals surface area (Å²) < 4.78 is 0. The fourth-order valence-corrected chi connectivity index (χ4v) is 3.65. The molecule has 1 rings (SSSR count). The molecule has 0 aromatic heterocycles. The molecular formula is C28H42N2O. The maximum Gasteiger partial charge on any atom is 0.255 e. The first-order valence-electron chi connectivity index (χ1n) is 11.3. The van der Waals surface area contributed by atoms with Crippen molar-refractivity contribution >= 4 is 5.91 Å². The van der Waals surface area contributed by atoms with E-state index in [-0.39, 0.29) is 11.4 Å². The monoisotopic (exact) mass is 422 g/mol. The minimum Gasteiger partial charge on any atom is -0.326 e. The number of hydrogen-bond acceptors (Lipinski definition) is 2. The zero-order valence-electron chi connectivity index (χ0n) is 20.7. The number of hydrogen-bond donors (Lipinski definition) is 2. The third-order valence-electron chi connectivity index (χ3n) is 5.51. The molecule has 0 aliphatic carbocycles. The van der Waals surface area contributed by atoms with Crippen LogP contribution in [-0.2, 0) is 16.8 Å². The number of carbonyl (C=O) groups excluding carboxylic acids is 1. The van der Waals surface area contributed by atoms with Gasteiger partial charge >= 0.3 is 0 Å². The number of carbonyl (C=O) groups is 1. The summed E-state index contributed by atoms with van der Waals surface area (Å²) in [6, 6.07) is 6.48.